The zero-order valence-corrected chi connectivity index (χ0v) is 18.3. The second-order valence-corrected chi connectivity index (χ2v) is 7.52. The number of nitrogens with zero attached hydrogens (tertiary/aromatic N) is 3. The van der Waals surface area contributed by atoms with Gasteiger partial charge in [0.25, 0.3) is 0 Å². The number of rotatable bonds is 11. The minimum Gasteiger partial charge on any atom is -0.379 e. The summed E-state index contributed by atoms with van der Waals surface area (Å²) in [5, 5.41) is 11.4. The molecular weight excluding hydrogens is 378 g/mol. The molecule has 1 saturated heterocycles. The maximum Gasteiger partial charge on any atom is 0.191 e. The molecular formula is C23H35N5O2. The van der Waals surface area contributed by atoms with Gasteiger partial charge in [-0.2, -0.15) is 5.10 Å². The highest BCUT2D eigenvalue weighted by Crippen LogP contribution is 2.13. The van der Waals surface area contributed by atoms with E-state index >= 15 is 0 Å². The summed E-state index contributed by atoms with van der Waals surface area (Å²) in [5.74, 6) is 0.874. The first-order chi connectivity index (χ1) is 14.8. The Morgan fingerprint density at radius 2 is 2.13 bits per heavy atom. The van der Waals surface area contributed by atoms with Crippen LogP contribution in [0.1, 0.15) is 37.4 Å². The van der Waals surface area contributed by atoms with Gasteiger partial charge in [-0.05, 0) is 57.2 Å². The maximum absolute atomic E-state index is 5.80. The van der Waals surface area contributed by atoms with E-state index in [4.69, 9.17) is 14.5 Å². The van der Waals surface area contributed by atoms with E-state index in [-0.39, 0.29) is 6.10 Å². The summed E-state index contributed by atoms with van der Waals surface area (Å²) >= 11 is 0. The van der Waals surface area contributed by atoms with Gasteiger partial charge in [0.1, 0.15) is 0 Å². The summed E-state index contributed by atoms with van der Waals surface area (Å²) in [5.41, 5.74) is 3.45. The molecule has 0 saturated carbocycles. The van der Waals surface area contributed by atoms with Crippen molar-refractivity contribution >= 4 is 5.96 Å². The van der Waals surface area contributed by atoms with Crippen molar-refractivity contribution in [1.29, 1.82) is 0 Å². The molecule has 1 aliphatic rings. The third kappa shape index (κ3) is 7.15. The largest absolute Gasteiger partial charge is 0.379 e. The third-order valence-corrected chi connectivity index (χ3v) is 5.09. The van der Waals surface area contributed by atoms with Gasteiger partial charge < -0.3 is 20.1 Å². The molecule has 2 aromatic rings. The normalized spacial score (nSPS) is 16.7. The van der Waals surface area contributed by atoms with Crippen LogP contribution in [0.4, 0.5) is 0 Å². The van der Waals surface area contributed by atoms with Crippen molar-refractivity contribution in [3.63, 3.8) is 0 Å². The highest BCUT2D eigenvalue weighted by molar-refractivity contribution is 5.79. The van der Waals surface area contributed by atoms with Crippen LogP contribution in [-0.4, -0.2) is 61.3 Å². The van der Waals surface area contributed by atoms with Gasteiger partial charge in [-0.25, -0.2) is 4.68 Å². The lowest BCUT2D eigenvalue weighted by atomic mass is 10.1. The Kier molecular flexibility index (Phi) is 9.18. The number of nitrogens with one attached hydrogen (secondary N) is 2. The van der Waals surface area contributed by atoms with E-state index in [0.29, 0.717) is 0 Å². The monoisotopic (exact) mass is 413 g/mol. The first-order valence-electron chi connectivity index (χ1n) is 11.1. The molecule has 1 aromatic carbocycles. The molecule has 1 atom stereocenters. The molecule has 2 N–H and O–H groups in total. The van der Waals surface area contributed by atoms with Crippen LogP contribution in [0.3, 0.4) is 0 Å². The lowest BCUT2D eigenvalue weighted by molar-refractivity contribution is 0.0420. The van der Waals surface area contributed by atoms with Crippen molar-refractivity contribution < 1.29 is 9.47 Å². The molecule has 0 spiro atoms. The fourth-order valence-electron chi connectivity index (χ4n) is 3.43. The SMILES string of the molecule is CCNC(=NCCCc1cn(-c2ccccc2)nc1C)NCCCOC1CCOC1. The van der Waals surface area contributed by atoms with Crippen LogP contribution >= 0.6 is 0 Å². The number of aryl methyl sites for hydroxylation is 2. The summed E-state index contributed by atoms with van der Waals surface area (Å²) < 4.78 is 13.1. The summed E-state index contributed by atoms with van der Waals surface area (Å²) in [6.45, 7) is 8.96. The van der Waals surface area contributed by atoms with Crippen LogP contribution in [0.15, 0.2) is 41.5 Å². The lowest BCUT2D eigenvalue weighted by Gasteiger charge is -2.13. The molecule has 1 unspecified atom stereocenters. The fourth-order valence-corrected chi connectivity index (χ4v) is 3.43. The van der Waals surface area contributed by atoms with Crippen molar-refractivity contribution in [2.45, 2.75) is 45.6 Å². The van der Waals surface area contributed by atoms with Gasteiger partial charge >= 0.3 is 0 Å². The minimum absolute atomic E-state index is 0.279. The Balaban J connectivity index is 1.38. The number of benzene rings is 1. The van der Waals surface area contributed by atoms with Gasteiger partial charge in [-0.3, -0.25) is 4.99 Å². The fraction of sp³-hybridized carbons (Fsp3) is 0.565. The van der Waals surface area contributed by atoms with Crippen LogP contribution in [-0.2, 0) is 15.9 Å². The predicted octanol–water partition coefficient (Wildman–Crippen LogP) is 2.86. The molecule has 0 amide bonds. The van der Waals surface area contributed by atoms with E-state index in [0.717, 1.165) is 82.5 Å². The van der Waals surface area contributed by atoms with Crippen molar-refractivity contribution in [3.8, 4) is 5.69 Å². The smallest absolute Gasteiger partial charge is 0.191 e. The predicted molar refractivity (Wildman–Crippen MR) is 120 cm³/mol. The Labute approximate surface area is 179 Å². The van der Waals surface area contributed by atoms with Gasteiger partial charge in [0.05, 0.1) is 24.1 Å². The average molecular weight is 414 g/mol. The molecule has 2 heterocycles. The number of hydrogen-bond acceptors (Lipinski definition) is 4. The molecule has 0 radical (unpaired) electrons. The Bertz CT molecular complexity index is 769. The highest BCUT2D eigenvalue weighted by atomic mass is 16.5. The van der Waals surface area contributed by atoms with Crippen molar-refractivity contribution in [1.82, 2.24) is 20.4 Å². The number of aromatic nitrogens is 2. The average Bonchev–Trinajstić information content (AvgIpc) is 3.41. The molecule has 0 aliphatic carbocycles. The van der Waals surface area contributed by atoms with Crippen molar-refractivity contribution in [2.24, 2.45) is 4.99 Å². The Hall–Kier alpha value is -2.38. The maximum atomic E-state index is 5.80. The van der Waals surface area contributed by atoms with Crippen LogP contribution < -0.4 is 10.6 Å². The minimum atomic E-state index is 0.279. The van der Waals surface area contributed by atoms with E-state index in [1.807, 2.05) is 22.9 Å². The van der Waals surface area contributed by atoms with E-state index in [1.54, 1.807) is 0 Å². The highest BCUT2D eigenvalue weighted by Gasteiger charge is 2.15. The molecule has 7 heteroatoms. The summed E-state index contributed by atoms with van der Waals surface area (Å²) in [4.78, 5) is 4.70. The molecule has 1 fully saturated rings. The van der Waals surface area contributed by atoms with Crippen LogP contribution in [0.25, 0.3) is 5.69 Å². The standard InChI is InChI=1S/C23H35N5O2/c1-3-24-23(26-14-8-15-30-22-12-16-29-18-22)25-13-7-9-20-17-28(27-19(20)2)21-10-5-4-6-11-21/h4-6,10-11,17,22H,3,7-9,12-16,18H2,1-2H3,(H2,24,25,26). The van der Waals surface area contributed by atoms with Gasteiger partial charge in [-0.15, -0.1) is 0 Å². The van der Waals surface area contributed by atoms with Gasteiger partial charge in [0, 0.05) is 39.0 Å². The zero-order valence-electron chi connectivity index (χ0n) is 18.3. The molecule has 7 nitrogen and oxygen atoms in total. The number of para-hydroxylation sites is 1. The number of guanidine groups is 1. The molecule has 164 valence electrons. The Morgan fingerprint density at radius 3 is 2.90 bits per heavy atom. The van der Waals surface area contributed by atoms with E-state index in [9.17, 15) is 0 Å². The van der Waals surface area contributed by atoms with E-state index in [1.165, 1.54) is 5.56 Å². The topological polar surface area (TPSA) is 72.7 Å². The second kappa shape index (κ2) is 12.3. The molecule has 3 rings (SSSR count). The molecule has 1 aliphatic heterocycles. The van der Waals surface area contributed by atoms with E-state index in [2.05, 4.69) is 47.9 Å². The summed E-state index contributed by atoms with van der Waals surface area (Å²) in [7, 11) is 0. The summed E-state index contributed by atoms with van der Waals surface area (Å²) in [6.07, 6.45) is 6.34. The lowest BCUT2D eigenvalue weighted by Crippen LogP contribution is -2.38. The Morgan fingerprint density at radius 1 is 1.27 bits per heavy atom. The van der Waals surface area contributed by atoms with Crippen molar-refractivity contribution in [3.05, 3.63) is 47.8 Å². The number of aliphatic imine (C=N–C) groups is 1. The van der Waals surface area contributed by atoms with Crippen LogP contribution in [0.2, 0.25) is 0 Å². The van der Waals surface area contributed by atoms with Gasteiger partial charge in [0.2, 0.25) is 0 Å². The second-order valence-electron chi connectivity index (χ2n) is 7.52. The van der Waals surface area contributed by atoms with Gasteiger partial charge in [-0.1, -0.05) is 18.2 Å². The molecule has 30 heavy (non-hydrogen) atoms. The summed E-state index contributed by atoms with van der Waals surface area (Å²) in [6, 6.07) is 10.2. The van der Waals surface area contributed by atoms with Crippen molar-refractivity contribution in [2.75, 3.05) is 39.5 Å². The van der Waals surface area contributed by atoms with Crippen LogP contribution in [0.5, 0.6) is 0 Å². The number of ether oxygens (including phenoxy) is 2. The third-order valence-electron chi connectivity index (χ3n) is 5.09. The first kappa shape index (κ1) is 22.3. The zero-order chi connectivity index (χ0) is 21.0. The first-order valence-corrected chi connectivity index (χ1v) is 11.1. The van der Waals surface area contributed by atoms with Crippen LogP contribution in [0, 0.1) is 6.92 Å². The van der Waals surface area contributed by atoms with E-state index < -0.39 is 0 Å². The number of hydrogen-bond donors (Lipinski definition) is 2. The quantitative estimate of drug-likeness (QED) is 0.337. The van der Waals surface area contributed by atoms with Gasteiger partial charge in [0.15, 0.2) is 5.96 Å². The molecule has 1 aromatic heterocycles. The molecule has 0 bridgehead atoms.